The Balaban J connectivity index is 1.62. The molecule has 0 radical (unpaired) electrons. The van der Waals surface area contributed by atoms with Crippen molar-refractivity contribution in [2.24, 2.45) is 0 Å². The molecule has 4 rings (SSSR count). The van der Waals surface area contributed by atoms with E-state index in [1.165, 1.54) is 12.1 Å². The number of rotatable bonds is 4. The smallest absolute Gasteiger partial charge is 0.240 e. The summed E-state index contributed by atoms with van der Waals surface area (Å²) in [6, 6.07) is 10.5. The maximum Gasteiger partial charge on any atom is 0.240 e. The molecule has 0 amide bonds. The van der Waals surface area contributed by atoms with Crippen LogP contribution in [0.2, 0.25) is 0 Å². The van der Waals surface area contributed by atoms with E-state index >= 15 is 0 Å². The van der Waals surface area contributed by atoms with Crippen molar-refractivity contribution < 1.29 is 17.5 Å². The highest BCUT2D eigenvalue weighted by Crippen LogP contribution is 2.27. The molecule has 1 aliphatic rings. The van der Waals surface area contributed by atoms with Crippen molar-refractivity contribution in [2.75, 3.05) is 13.2 Å². The molecule has 2 aromatic carbocycles. The first-order chi connectivity index (χ1) is 12.5. The van der Waals surface area contributed by atoms with Gasteiger partial charge in [0.1, 0.15) is 18.2 Å². The van der Waals surface area contributed by atoms with Crippen molar-refractivity contribution in [2.45, 2.75) is 24.5 Å². The van der Waals surface area contributed by atoms with Crippen LogP contribution >= 0.6 is 0 Å². The highest BCUT2D eigenvalue weighted by molar-refractivity contribution is 7.89. The van der Waals surface area contributed by atoms with Gasteiger partial charge in [-0.1, -0.05) is 12.1 Å². The highest BCUT2D eigenvalue weighted by Gasteiger charge is 2.26. The summed E-state index contributed by atoms with van der Waals surface area (Å²) in [5, 5.41) is 0. The minimum absolute atomic E-state index is 0.0298. The first-order valence-electron chi connectivity index (χ1n) is 8.25. The second kappa shape index (κ2) is 6.46. The summed E-state index contributed by atoms with van der Waals surface area (Å²) < 4.78 is 48.2. The number of benzene rings is 2. The maximum atomic E-state index is 13.0. The number of hydrogen-bond acceptors (Lipinski definition) is 4. The number of aryl methyl sites for hydroxylation is 1. The van der Waals surface area contributed by atoms with Gasteiger partial charge in [0, 0.05) is 6.54 Å². The van der Waals surface area contributed by atoms with E-state index in [4.69, 9.17) is 4.74 Å². The third-order valence-electron chi connectivity index (χ3n) is 4.53. The SMILES string of the molecule is Cc1cccc2c1nc1n2[C@@H](CNS(=O)(=O)c2ccc(F)cc2)COC1. The zero-order valence-electron chi connectivity index (χ0n) is 14.1. The van der Waals surface area contributed by atoms with Gasteiger partial charge in [-0.15, -0.1) is 0 Å². The Morgan fingerprint density at radius 3 is 2.81 bits per heavy atom. The molecule has 0 aliphatic carbocycles. The Labute approximate surface area is 150 Å². The van der Waals surface area contributed by atoms with Gasteiger partial charge in [-0.05, 0) is 42.8 Å². The van der Waals surface area contributed by atoms with E-state index < -0.39 is 15.8 Å². The summed E-state index contributed by atoms with van der Waals surface area (Å²) in [6.07, 6.45) is 0. The van der Waals surface area contributed by atoms with Crippen LogP contribution in [0.4, 0.5) is 4.39 Å². The summed E-state index contributed by atoms with van der Waals surface area (Å²) >= 11 is 0. The molecule has 1 aliphatic heterocycles. The van der Waals surface area contributed by atoms with Crippen molar-refractivity contribution in [3.05, 3.63) is 59.7 Å². The zero-order chi connectivity index (χ0) is 18.3. The molecule has 8 heteroatoms. The number of ether oxygens (including phenoxy) is 1. The standard InChI is InChI=1S/C18H18FN3O3S/c1-12-3-2-4-16-18(12)21-17-11-25-10-14(22(16)17)9-20-26(23,24)15-7-5-13(19)6-8-15/h2-8,14,20H,9-11H2,1H3/t14-/m0/s1. The Bertz CT molecular complexity index is 1060. The van der Waals surface area contributed by atoms with E-state index in [9.17, 15) is 12.8 Å². The lowest BCUT2D eigenvalue weighted by atomic mass is 10.2. The number of fused-ring (bicyclic) bond motifs is 3. The molecule has 0 bridgehead atoms. The van der Waals surface area contributed by atoms with Crippen LogP contribution in [0.5, 0.6) is 0 Å². The molecule has 2 heterocycles. The lowest BCUT2D eigenvalue weighted by Crippen LogP contribution is -2.35. The number of aromatic nitrogens is 2. The molecule has 1 aromatic heterocycles. The Kier molecular flexibility index (Phi) is 4.26. The number of nitrogens with zero attached hydrogens (tertiary/aromatic N) is 2. The summed E-state index contributed by atoms with van der Waals surface area (Å²) in [7, 11) is -3.73. The van der Waals surface area contributed by atoms with Gasteiger partial charge in [0.2, 0.25) is 10.0 Å². The first-order valence-corrected chi connectivity index (χ1v) is 9.73. The average molecular weight is 375 g/mol. The quantitative estimate of drug-likeness (QED) is 0.761. The molecular formula is C18H18FN3O3S. The lowest BCUT2D eigenvalue weighted by molar-refractivity contribution is 0.0581. The zero-order valence-corrected chi connectivity index (χ0v) is 15.0. The Morgan fingerprint density at radius 1 is 1.27 bits per heavy atom. The topological polar surface area (TPSA) is 73.2 Å². The fourth-order valence-electron chi connectivity index (χ4n) is 3.23. The molecule has 0 saturated heterocycles. The van der Waals surface area contributed by atoms with E-state index in [0.717, 1.165) is 34.6 Å². The summed E-state index contributed by atoms with van der Waals surface area (Å²) in [4.78, 5) is 4.66. The van der Waals surface area contributed by atoms with Crippen LogP contribution in [0.3, 0.4) is 0 Å². The fourth-order valence-corrected chi connectivity index (χ4v) is 4.30. The Morgan fingerprint density at radius 2 is 2.04 bits per heavy atom. The molecule has 0 unspecified atom stereocenters. The molecule has 6 nitrogen and oxygen atoms in total. The van der Waals surface area contributed by atoms with E-state index in [-0.39, 0.29) is 17.5 Å². The van der Waals surface area contributed by atoms with Crippen LogP contribution < -0.4 is 4.72 Å². The first kappa shape index (κ1) is 17.1. The predicted molar refractivity (Wildman–Crippen MR) is 94.8 cm³/mol. The van der Waals surface area contributed by atoms with Crippen LogP contribution in [0, 0.1) is 12.7 Å². The molecule has 3 aromatic rings. The molecule has 0 spiro atoms. The van der Waals surface area contributed by atoms with Gasteiger partial charge >= 0.3 is 0 Å². The molecule has 0 fully saturated rings. The summed E-state index contributed by atoms with van der Waals surface area (Å²) in [5.41, 5.74) is 2.93. The number of hydrogen-bond donors (Lipinski definition) is 1. The normalized spacial score (nSPS) is 17.4. The molecule has 26 heavy (non-hydrogen) atoms. The van der Waals surface area contributed by atoms with Gasteiger partial charge in [-0.25, -0.2) is 22.5 Å². The van der Waals surface area contributed by atoms with Crippen LogP contribution in [-0.2, 0) is 21.4 Å². The number of halogens is 1. The fraction of sp³-hybridized carbons (Fsp3) is 0.278. The highest BCUT2D eigenvalue weighted by atomic mass is 32.2. The van der Waals surface area contributed by atoms with Crippen molar-refractivity contribution >= 4 is 21.1 Å². The second-order valence-corrected chi connectivity index (χ2v) is 8.08. The molecule has 0 saturated carbocycles. The number of para-hydroxylation sites is 1. The van der Waals surface area contributed by atoms with Crippen molar-refractivity contribution in [3.63, 3.8) is 0 Å². The number of sulfonamides is 1. The Hall–Kier alpha value is -2.29. The molecule has 1 N–H and O–H groups in total. The minimum atomic E-state index is -3.73. The van der Waals surface area contributed by atoms with Crippen molar-refractivity contribution in [1.82, 2.24) is 14.3 Å². The van der Waals surface area contributed by atoms with Crippen LogP contribution in [0.25, 0.3) is 11.0 Å². The third-order valence-corrected chi connectivity index (χ3v) is 5.97. The summed E-state index contributed by atoms with van der Waals surface area (Å²) in [6.45, 7) is 2.94. The van der Waals surface area contributed by atoms with Crippen molar-refractivity contribution in [3.8, 4) is 0 Å². The van der Waals surface area contributed by atoms with Gasteiger partial charge in [0.05, 0.1) is 28.6 Å². The van der Waals surface area contributed by atoms with E-state index in [1.54, 1.807) is 0 Å². The monoisotopic (exact) mass is 375 g/mol. The van der Waals surface area contributed by atoms with Gasteiger partial charge in [0.15, 0.2) is 0 Å². The summed E-state index contributed by atoms with van der Waals surface area (Å²) in [5.74, 6) is 0.307. The predicted octanol–water partition coefficient (Wildman–Crippen LogP) is 2.53. The third kappa shape index (κ3) is 3.00. The largest absolute Gasteiger partial charge is 0.371 e. The molecule has 1 atom stereocenters. The van der Waals surface area contributed by atoms with Gasteiger partial charge in [0.25, 0.3) is 0 Å². The molecule has 136 valence electrons. The van der Waals surface area contributed by atoms with Crippen LogP contribution in [0.1, 0.15) is 17.4 Å². The minimum Gasteiger partial charge on any atom is -0.371 e. The number of imidazole rings is 1. The van der Waals surface area contributed by atoms with Gasteiger partial charge < -0.3 is 9.30 Å². The molecular weight excluding hydrogens is 357 g/mol. The van der Waals surface area contributed by atoms with Crippen LogP contribution in [0.15, 0.2) is 47.4 Å². The number of nitrogens with one attached hydrogen (secondary N) is 1. The average Bonchev–Trinajstić information content (AvgIpc) is 3.01. The van der Waals surface area contributed by atoms with Gasteiger partial charge in [-0.3, -0.25) is 0 Å². The maximum absolute atomic E-state index is 13.0. The van der Waals surface area contributed by atoms with E-state index in [0.29, 0.717) is 13.2 Å². The van der Waals surface area contributed by atoms with E-state index in [2.05, 4.69) is 9.71 Å². The van der Waals surface area contributed by atoms with Crippen molar-refractivity contribution in [1.29, 1.82) is 0 Å². The van der Waals surface area contributed by atoms with E-state index in [1.807, 2.05) is 29.7 Å². The lowest BCUT2D eigenvalue weighted by Gasteiger charge is -2.26. The second-order valence-electron chi connectivity index (χ2n) is 6.32. The van der Waals surface area contributed by atoms with Crippen LogP contribution in [-0.4, -0.2) is 31.1 Å². The van der Waals surface area contributed by atoms with Gasteiger partial charge in [-0.2, -0.15) is 0 Å².